The predicted molar refractivity (Wildman–Crippen MR) is 118 cm³/mol. The number of benzene rings is 2. The number of hydrogen-bond donors (Lipinski definition) is 4. The van der Waals surface area contributed by atoms with E-state index in [1.165, 1.54) is 17.0 Å². The summed E-state index contributed by atoms with van der Waals surface area (Å²) < 4.78 is 42.8. The molecule has 1 aliphatic carbocycles. The molecule has 1 saturated heterocycles. The Hall–Kier alpha value is -2.62. The van der Waals surface area contributed by atoms with Crippen LogP contribution in [0.5, 0.6) is 0 Å². The fourth-order valence-corrected chi connectivity index (χ4v) is 4.47. The van der Waals surface area contributed by atoms with Crippen LogP contribution >= 0.6 is 0 Å². The summed E-state index contributed by atoms with van der Waals surface area (Å²) in [5.41, 5.74) is -1.23. The first-order valence-electron chi connectivity index (χ1n) is 11.1. The summed E-state index contributed by atoms with van der Waals surface area (Å²) in [5.74, 6) is -3.72. The molecule has 1 heterocycles. The number of amides is 1. The summed E-state index contributed by atoms with van der Waals surface area (Å²) in [6, 6.07) is 6.12. The van der Waals surface area contributed by atoms with Gasteiger partial charge in [-0.25, -0.2) is 13.2 Å². The normalized spacial score (nSPS) is 22.1. The summed E-state index contributed by atoms with van der Waals surface area (Å²) in [4.78, 5) is 14.3. The minimum absolute atomic E-state index is 0.00102. The zero-order valence-corrected chi connectivity index (χ0v) is 18.4. The Labute approximate surface area is 190 Å². The minimum Gasteiger partial charge on any atom is -0.392 e. The number of β-amino-alcohol motifs (C(OH)–C–C–N with tert-alkyl or cyclic N) is 1. The number of aryl methyl sites for hydroxylation is 1. The quantitative estimate of drug-likeness (QED) is 0.529. The van der Waals surface area contributed by atoms with E-state index in [1.807, 2.05) is 0 Å². The first-order chi connectivity index (χ1) is 15.7. The molecule has 2 atom stereocenters. The van der Waals surface area contributed by atoms with E-state index in [-0.39, 0.29) is 36.9 Å². The van der Waals surface area contributed by atoms with Crippen molar-refractivity contribution in [1.29, 1.82) is 0 Å². The lowest BCUT2D eigenvalue weighted by atomic mass is 9.89. The number of nitrogens with zero attached hydrogens (tertiary/aromatic N) is 1. The number of anilines is 2. The average molecular weight is 464 g/mol. The molecule has 2 fully saturated rings. The van der Waals surface area contributed by atoms with Crippen LogP contribution in [0.4, 0.5) is 24.5 Å². The van der Waals surface area contributed by atoms with Gasteiger partial charge in [0, 0.05) is 12.6 Å². The van der Waals surface area contributed by atoms with E-state index in [0.29, 0.717) is 12.0 Å². The summed E-state index contributed by atoms with van der Waals surface area (Å²) >= 11 is 0. The molecule has 0 unspecified atom stereocenters. The first-order valence-corrected chi connectivity index (χ1v) is 11.1. The van der Waals surface area contributed by atoms with E-state index >= 15 is 0 Å². The van der Waals surface area contributed by atoms with Crippen molar-refractivity contribution in [2.24, 2.45) is 0 Å². The standard InChI is InChI=1S/C24H28F3N3O3/c1-14-6-9-18(17(26)10-14)29-22-15(7-8-16(25)21(22)27)23(32)30-12-24(33,13-30)11-28-19-4-2-3-5-20(19)31/h6-10,19-20,28-29,31,33H,2-5,11-13H2,1H3/t19-,20-/m0/s1. The third kappa shape index (κ3) is 5.00. The van der Waals surface area contributed by atoms with Gasteiger partial charge in [-0.15, -0.1) is 0 Å². The molecule has 4 N–H and O–H groups in total. The molecule has 4 rings (SSSR count). The van der Waals surface area contributed by atoms with Crippen molar-refractivity contribution in [3.05, 3.63) is 58.9 Å². The van der Waals surface area contributed by atoms with Crippen LogP contribution in [-0.2, 0) is 0 Å². The Morgan fingerprint density at radius 2 is 1.85 bits per heavy atom. The summed E-state index contributed by atoms with van der Waals surface area (Å²) in [7, 11) is 0. The lowest BCUT2D eigenvalue weighted by molar-refractivity contribution is -0.0824. The monoisotopic (exact) mass is 463 g/mol. The molecule has 178 valence electrons. The zero-order valence-electron chi connectivity index (χ0n) is 18.4. The molecule has 2 aromatic rings. The van der Waals surface area contributed by atoms with Gasteiger partial charge in [-0.3, -0.25) is 4.79 Å². The van der Waals surface area contributed by atoms with E-state index in [4.69, 9.17) is 0 Å². The van der Waals surface area contributed by atoms with Crippen molar-refractivity contribution in [2.45, 2.75) is 50.4 Å². The zero-order chi connectivity index (χ0) is 23.8. The Balaban J connectivity index is 1.46. The molecule has 0 aromatic heterocycles. The summed E-state index contributed by atoms with van der Waals surface area (Å²) in [6.45, 7) is 1.90. The highest BCUT2D eigenvalue weighted by Gasteiger charge is 2.45. The maximum atomic E-state index is 14.6. The molecular formula is C24H28F3N3O3. The van der Waals surface area contributed by atoms with Crippen LogP contribution in [0.1, 0.15) is 41.6 Å². The first kappa shape index (κ1) is 23.5. The maximum absolute atomic E-state index is 14.6. The third-order valence-corrected chi connectivity index (χ3v) is 6.39. The van der Waals surface area contributed by atoms with E-state index in [1.54, 1.807) is 13.0 Å². The van der Waals surface area contributed by atoms with Gasteiger partial charge in [0.2, 0.25) is 0 Å². The molecular weight excluding hydrogens is 435 g/mol. The van der Waals surface area contributed by atoms with Gasteiger partial charge < -0.3 is 25.7 Å². The highest BCUT2D eigenvalue weighted by atomic mass is 19.2. The highest BCUT2D eigenvalue weighted by molar-refractivity contribution is 6.01. The maximum Gasteiger partial charge on any atom is 0.256 e. The number of rotatable bonds is 6. The molecule has 1 amide bonds. The van der Waals surface area contributed by atoms with E-state index < -0.39 is 40.8 Å². The fraction of sp³-hybridized carbons (Fsp3) is 0.458. The molecule has 2 aliphatic rings. The number of aliphatic hydroxyl groups is 2. The van der Waals surface area contributed by atoms with Crippen molar-refractivity contribution in [1.82, 2.24) is 10.2 Å². The Morgan fingerprint density at radius 3 is 2.55 bits per heavy atom. The number of carbonyl (C=O) groups is 1. The van der Waals surface area contributed by atoms with Crippen molar-refractivity contribution < 1.29 is 28.2 Å². The Morgan fingerprint density at radius 1 is 1.12 bits per heavy atom. The van der Waals surface area contributed by atoms with Crippen LogP contribution in [0.25, 0.3) is 0 Å². The average Bonchev–Trinajstić information content (AvgIpc) is 2.76. The second-order valence-corrected chi connectivity index (χ2v) is 9.12. The van der Waals surface area contributed by atoms with E-state index in [0.717, 1.165) is 31.4 Å². The summed E-state index contributed by atoms with van der Waals surface area (Å²) in [6.07, 6.45) is 3.06. The number of halogens is 3. The topological polar surface area (TPSA) is 84.8 Å². The van der Waals surface area contributed by atoms with Crippen molar-refractivity contribution in [3.63, 3.8) is 0 Å². The van der Waals surface area contributed by atoms with Crippen LogP contribution in [0, 0.1) is 24.4 Å². The van der Waals surface area contributed by atoms with Crippen LogP contribution in [0.3, 0.4) is 0 Å². The third-order valence-electron chi connectivity index (χ3n) is 6.39. The van der Waals surface area contributed by atoms with E-state index in [2.05, 4.69) is 10.6 Å². The smallest absolute Gasteiger partial charge is 0.256 e. The van der Waals surface area contributed by atoms with Gasteiger partial charge >= 0.3 is 0 Å². The van der Waals surface area contributed by atoms with Crippen LogP contribution in [-0.4, -0.2) is 58.4 Å². The molecule has 1 saturated carbocycles. The van der Waals surface area contributed by atoms with Gasteiger partial charge in [-0.2, -0.15) is 0 Å². The van der Waals surface area contributed by atoms with E-state index in [9.17, 15) is 28.2 Å². The molecule has 33 heavy (non-hydrogen) atoms. The van der Waals surface area contributed by atoms with Crippen LogP contribution in [0.2, 0.25) is 0 Å². The second-order valence-electron chi connectivity index (χ2n) is 9.12. The number of likely N-dealkylation sites (tertiary alicyclic amines) is 1. The fourth-order valence-electron chi connectivity index (χ4n) is 4.47. The lowest BCUT2D eigenvalue weighted by Crippen LogP contribution is -2.68. The highest BCUT2D eigenvalue weighted by Crippen LogP contribution is 2.31. The molecule has 0 radical (unpaired) electrons. The molecule has 0 spiro atoms. The van der Waals surface area contributed by atoms with Crippen molar-refractivity contribution in [3.8, 4) is 0 Å². The number of aliphatic hydroxyl groups excluding tert-OH is 1. The second kappa shape index (κ2) is 9.32. The number of nitrogens with one attached hydrogen (secondary N) is 2. The van der Waals surface area contributed by atoms with Crippen molar-refractivity contribution >= 4 is 17.3 Å². The molecule has 9 heteroatoms. The molecule has 0 bridgehead atoms. The Kier molecular flexibility index (Phi) is 6.65. The van der Waals surface area contributed by atoms with Gasteiger partial charge in [0.05, 0.1) is 36.1 Å². The number of carbonyl (C=O) groups excluding carboxylic acids is 1. The summed E-state index contributed by atoms with van der Waals surface area (Å²) in [5, 5.41) is 26.5. The SMILES string of the molecule is Cc1ccc(Nc2c(C(=O)N3CC(O)(CN[C@H]4CCCC[C@@H]4O)C3)ccc(F)c2F)c(F)c1. The Bertz CT molecular complexity index is 1040. The number of hydrogen-bond acceptors (Lipinski definition) is 5. The van der Waals surface area contributed by atoms with Gasteiger partial charge in [0.1, 0.15) is 11.4 Å². The lowest BCUT2D eigenvalue weighted by Gasteiger charge is -2.47. The molecule has 1 aliphatic heterocycles. The van der Waals surface area contributed by atoms with Gasteiger partial charge in [-0.1, -0.05) is 18.9 Å². The van der Waals surface area contributed by atoms with Gasteiger partial charge in [0.15, 0.2) is 11.6 Å². The van der Waals surface area contributed by atoms with Gasteiger partial charge in [-0.05, 0) is 49.6 Å². The van der Waals surface area contributed by atoms with Crippen LogP contribution < -0.4 is 10.6 Å². The van der Waals surface area contributed by atoms with Crippen LogP contribution in [0.15, 0.2) is 30.3 Å². The molecule has 6 nitrogen and oxygen atoms in total. The van der Waals surface area contributed by atoms with Crippen molar-refractivity contribution in [2.75, 3.05) is 25.0 Å². The largest absolute Gasteiger partial charge is 0.392 e. The predicted octanol–water partition coefficient (Wildman–Crippen LogP) is 3.24. The minimum atomic E-state index is -1.29. The van der Waals surface area contributed by atoms with Gasteiger partial charge in [0.25, 0.3) is 5.91 Å². The molecule has 2 aromatic carbocycles.